The van der Waals surface area contributed by atoms with Crippen LogP contribution in [0.3, 0.4) is 0 Å². The number of aromatic nitrogens is 4. The number of aromatic amines is 1. The number of anilines is 1. The van der Waals surface area contributed by atoms with E-state index in [9.17, 15) is 0 Å². The first-order chi connectivity index (χ1) is 13.3. The topological polar surface area (TPSA) is 98.9 Å². The summed E-state index contributed by atoms with van der Waals surface area (Å²) in [4.78, 5) is 15.4. The van der Waals surface area contributed by atoms with Crippen molar-refractivity contribution in [2.75, 3.05) is 12.3 Å². The fraction of sp³-hybridized carbons (Fsp3) is 0.150. The Labute approximate surface area is 156 Å². The van der Waals surface area contributed by atoms with Crippen molar-refractivity contribution < 1.29 is 9.47 Å². The van der Waals surface area contributed by atoms with Gasteiger partial charge in [-0.05, 0) is 11.1 Å². The van der Waals surface area contributed by atoms with Crippen molar-refractivity contribution in [3.8, 4) is 5.88 Å². The first-order valence-electron chi connectivity index (χ1n) is 8.59. The van der Waals surface area contributed by atoms with Gasteiger partial charge in [0.15, 0.2) is 5.65 Å². The molecule has 0 amide bonds. The van der Waals surface area contributed by atoms with E-state index in [2.05, 4.69) is 19.9 Å². The Balaban J connectivity index is 1.55. The number of nitrogens with one attached hydrogen (secondary N) is 1. The first-order valence-corrected chi connectivity index (χ1v) is 8.59. The standard InChI is InChI=1S/C20H19N5O2/c21-20-24-18-17(22-13-23-18)19(25-20)27-16(15-9-5-2-6-10-15)12-26-11-14-7-3-1-4-8-14/h1-10,13,16H,11-12H2,(H3,21,22,23,24,25). The molecule has 0 saturated heterocycles. The van der Waals surface area contributed by atoms with E-state index in [1.54, 1.807) is 0 Å². The van der Waals surface area contributed by atoms with E-state index in [4.69, 9.17) is 15.2 Å². The zero-order valence-electron chi connectivity index (χ0n) is 14.6. The molecule has 0 aliphatic heterocycles. The van der Waals surface area contributed by atoms with Gasteiger partial charge in [0.2, 0.25) is 11.8 Å². The van der Waals surface area contributed by atoms with Crippen molar-refractivity contribution >= 4 is 17.1 Å². The fourth-order valence-corrected chi connectivity index (χ4v) is 2.77. The number of hydrogen-bond acceptors (Lipinski definition) is 6. The lowest BCUT2D eigenvalue weighted by molar-refractivity contribution is 0.0390. The molecule has 0 aliphatic rings. The number of nitrogens with two attached hydrogens (primary N) is 1. The van der Waals surface area contributed by atoms with E-state index in [-0.39, 0.29) is 12.1 Å². The zero-order chi connectivity index (χ0) is 18.5. The summed E-state index contributed by atoms with van der Waals surface area (Å²) in [6.45, 7) is 0.858. The highest BCUT2D eigenvalue weighted by atomic mass is 16.5. The first kappa shape index (κ1) is 17.0. The quantitative estimate of drug-likeness (QED) is 0.524. The molecular formula is C20H19N5O2. The van der Waals surface area contributed by atoms with Gasteiger partial charge in [-0.25, -0.2) is 4.98 Å². The maximum Gasteiger partial charge on any atom is 0.245 e. The normalized spacial score (nSPS) is 12.1. The molecule has 1 unspecified atom stereocenters. The van der Waals surface area contributed by atoms with Gasteiger partial charge >= 0.3 is 0 Å². The summed E-state index contributed by atoms with van der Waals surface area (Å²) in [5.41, 5.74) is 8.94. The maximum atomic E-state index is 6.16. The monoisotopic (exact) mass is 361 g/mol. The van der Waals surface area contributed by atoms with Crippen LogP contribution in [0.5, 0.6) is 5.88 Å². The van der Waals surface area contributed by atoms with Gasteiger partial charge in [0, 0.05) is 0 Å². The smallest absolute Gasteiger partial charge is 0.245 e. The molecule has 2 heterocycles. The molecule has 0 aliphatic carbocycles. The Morgan fingerprint density at radius 2 is 1.70 bits per heavy atom. The number of nitrogen functional groups attached to an aromatic ring is 1. The van der Waals surface area contributed by atoms with Crippen LogP contribution in [-0.4, -0.2) is 26.5 Å². The molecule has 7 nitrogen and oxygen atoms in total. The van der Waals surface area contributed by atoms with Gasteiger partial charge in [0.25, 0.3) is 0 Å². The van der Waals surface area contributed by atoms with Crippen LogP contribution in [0.15, 0.2) is 67.0 Å². The summed E-state index contributed by atoms with van der Waals surface area (Å²) >= 11 is 0. The molecule has 27 heavy (non-hydrogen) atoms. The molecule has 0 saturated carbocycles. The Hall–Kier alpha value is -3.45. The second kappa shape index (κ2) is 7.84. The van der Waals surface area contributed by atoms with Crippen LogP contribution in [0, 0.1) is 0 Å². The number of ether oxygens (including phenoxy) is 2. The van der Waals surface area contributed by atoms with Gasteiger partial charge in [-0.1, -0.05) is 60.7 Å². The van der Waals surface area contributed by atoms with Crippen molar-refractivity contribution in [2.24, 2.45) is 0 Å². The zero-order valence-corrected chi connectivity index (χ0v) is 14.6. The van der Waals surface area contributed by atoms with Crippen LogP contribution < -0.4 is 10.5 Å². The predicted octanol–water partition coefficient (Wildman–Crippen LogP) is 3.27. The molecule has 4 aromatic rings. The fourth-order valence-electron chi connectivity index (χ4n) is 2.77. The minimum absolute atomic E-state index is 0.113. The van der Waals surface area contributed by atoms with Gasteiger partial charge in [-0.3, -0.25) is 0 Å². The van der Waals surface area contributed by atoms with Gasteiger partial charge < -0.3 is 20.2 Å². The summed E-state index contributed by atoms with van der Waals surface area (Å²) in [7, 11) is 0. The Morgan fingerprint density at radius 1 is 0.963 bits per heavy atom. The minimum atomic E-state index is -0.351. The summed E-state index contributed by atoms with van der Waals surface area (Å²) in [5, 5.41) is 0. The van der Waals surface area contributed by atoms with E-state index >= 15 is 0 Å². The molecule has 4 rings (SSSR count). The van der Waals surface area contributed by atoms with Gasteiger partial charge in [-0.15, -0.1) is 0 Å². The van der Waals surface area contributed by atoms with Crippen LogP contribution in [0.4, 0.5) is 5.95 Å². The van der Waals surface area contributed by atoms with Crippen LogP contribution in [0.2, 0.25) is 0 Å². The summed E-state index contributed by atoms with van der Waals surface area (Å²) in [5.74, 6) is 0.466. The number of hydrogen-bond donors (Lipinski definition) is 2. The lowest BCUT2D eigenvalue weighted by Crippen LogP contribution is -2.16. The van der Waals surface area contributed by atoms with Crippen molar-refractivity contribution in [1.29, 1.82) is 0 Å². The molecule has 3 N–H and O–H groups in total. The highest BCUT2D eigenvalue weighted by molar-refractivity contribution is 5.76. The summed E-state index contributed by atoms with van der Waals surface area (Å²) in [6.07, 6.45) is 1.19. The second-order valence-corrected chi connectivity index (χ2v) is 6.01. The molecule has 2 aromatic heterocycles. The Bertz CT molecular complexity index is 1000. The maximum absolute atomic E-state index is 6.16. The third kappa shape index (κ3) is 4.04. The third-order valence-electron chi connectivity index (χ3n) is 4.08. The molecular weight excluding hydrogens is 342 g/mol. The number of fused-ring (bicyclic) bond motifs is 1. The highest BCUT2D eigenvalue weighted by Gasteiger charge is 2.18. The molecule has 1 atom stereocenters. The molecule has 2 aromatic carbocycles. The van der Waals surface area contributed by atoms with Crippen LogP contribution in [-0.2, 0) is 11.3 Å². The van der Waals surface area contributed by atoms with Gasteiger partial charge in [0.1, 0.15) is 11.6 Å². The number of benzene rings is 2. The van der Waals surface area contributed by atoms with Gasteiger partial charge in [0.05, 0.1) is 19.5 Å². The lowest BCUT2D eigenvalue weighted by Gasteiger charge is -2.19. The number of rotatable bonds is 7. The van der Waals surface area contributed by atoms with Crippen molar-refractivity contribution in [3.05, 3.63) is 78.1 Å². The predicted molar refractivity (Wildman–Crippen MR) is 102 cm³/mol. The SMILES string of the molecule is Nc1nc(OC(COCc2ccccc2)c2ccccc2)c2[nH]cnc2n1. The van der Waals surface area contributed by atoms with Crippen molar-refractivity contribution in [2.45, 2.75) is 12.7 Å². The van der Waals surface area contributed by atoms with E-state index in [1.807, 2.05) is 60.7 Å². The summed E-state index contributed by atoms with van der Waals surface area (Å²) < 4.78 is 12.1. The average Bonchev–Trinajstić information content (AvgIpc) is 3.17. The molecule has 136 valence electrons. The third-order valence-corrected chi connectivity index (χ3v) is 4.08. The number of nitrogens with zero attached hydrogens (tertiary/aromatic N) is 3. The molecule has 0 radical (unpaired) electrons. The number of imidazole rings is 1. The van der Waals surface area contributed by atoms with Crippen LogP contribution in [0.25, 0.3) is 11.2 Å². The van der Waals surface area contributed by atoms with E-state index in [1.165, 1.54) is 6.33 Å². The summed E-state index contributed by atoms with van der Waals surface area (Å²) in [6, 6.07) is 19.9. The molecule has 0 spiro atoms. The van der Waals surface area contributed by atoms with E-state index < -0.39 is 0 Å². The Morgan fingerprint density at radius 3 is 2.48 bits per heavy atom. The van der Waals surface area contributed by atoms with Crippen molar-refractivity contribution in [3.63, 3.8) is 0 Å². The minimum Gasteiger partial charge on any atom is -0.465 e. The second-order valence-electron chi connectivity index (χ2n) is 6.01. The average molecular weight is 361 g/mol. The lowest BCUT2D eigenvalue weighted by atomic mass is 10.1. The van der Waals surface area contributed by atoms with Crippen LogP contribution >= 0.6 is 0 Å². The van der Waals surface area contributed by atoms with Crippen molar-refractivity contribution in [1.82, 2.24) is 19.9 Å². The molecule has 0 bridgehead atoms. The van der Waals surface area contributed by atoms with Crippen LogP contribution in [0.1, 0.15) is 17.2 Å². The van der Waals surface area contributed by atoms with E-state index in [0.29, 0.717) is 30.3 Å². The van der Waals surface area contributed by atoms with E-state index in [0.717, 1.165) is 11.1 Å². The molecule has 7 heteroatoms. The molecule has 0 fully saturated rings. The van der Waals surface area contributed by atoms with Gasteiger partial charge in [-0.2, -0.15) is 9.97 Å². The number of H-pyrrole nitrogens is 1. The Kier molecular flexibility index (Phi) is 4.93. The largest absolute Gasteiger partial charge is 0.465 e. The highest BCUT2D eigenvalue weighted by Crippen LogP contribution is 2.26.